The summed E-state index contributed by atoms with van der Waals surface area (Å²) in [5.41, 5.74) is 6.65. The third-order valence-corrected chi connectivity index (χ3v) is 2.42. The normalized spacial score (nSPS) is 14.8. The molecule has 0 amide bonds. The molecule has 0 radical (unpaired) electrons. The molecule has 2 unspecified atom stereocenters. The molecule has 0 aliphatic heterocycles. The molecule has 3 nitrogen and oxygen atoms in total. The summed E-state index contributed by atoms with van der Waals surface area (Å²) in [6.45, 7) is 3.73. The minimum Gasteiger partial charge on any atom is -0.327 e. The molecule has 0 aliphatic carbocycles. The van der Waals surface area contributed by atoms with E-state index in [0.29, 0.717) is 6.42 Å². The van der Waals surface area contributed by atoms with Gasteiger partial charge in [-0.15, -0.1) is 0 Å². The van der Waals surface area contributed by atoms with E-state index < -0.39 is 0 Å². The van der Waals surface area contributed by atoms with Crippen molar-refractivity contribution in [1.82, 2.24) is 4.98 Å². The molecule has 1 rings (SSSR count). The van der Waals surface area contributed by atoms with Crippen molar-refractivity contribution in [2.75, 3.05) is 0 Å². The first-order valence-corrected chi connectivity index (χ1v) is 4.78. The van der Waals surface area contributed by atoms with Gasteiger partial charge in [-0.2, -0.15) is 0 Å². The predicted molar refractivity (Wildman–Crippen MR) is 55.8 cm³/mol. The van der Waals surface area contributed by atoms with Crippen LogP contribution in [-0.2, 0) is 11.2 Å². The van der Waals surface area contributed by atoms with Crippen LogP contribution < -0.4 is 5.73 Å². The van der Waals surface area contributed by atoms with E-state index in [1.807, 2.05) is 26.0 Å². The van der Waals surface area contributed by atoms with E-state index in [9.17, 15) is 4.79 Å². The summed E-state index contributed by atoms with van der Waals surface area (Å²) in [6.07, 6.45) is 3.84. The van der Waals surface area contributed by atoms with Gasteiger partial charge in [-0.25, -0.2) is 0 Å². The van der Waals surface area contributed by atoms with Crippen LogP contribution in [0.15, 0.2) is 24.5 Å². The summed E-state index contributed by atoms with van der Waals surface area (Å²) in [7, 11) is 0. The lowest BCUT2D eigenvalue weighted by atomic mass is 9.95. The van der Waals surface area contributed by atoms with E-state index in [0.717, 1.165) is 5.56 Å². The highest BCUT2D eigenvalue weighted by Crippen LogP contribution is 2.07. The number of hydrogen-bond acceptors (Lipinski definition) is 3. The van der Waals surface area contributed by atoms with Crippen molar-refractivity contribution in [3.05, 3.63) is 30.1 Å². The van der Waals surface area contributed by atoms with E-state index >= 15 is 0 Å². The summed E-state index contributed by atoms with van der Waals surface area (Å²) in [5, 5.41) is 0. The number of nitrogens with zero attached hydrogens (tertiary/aromatic N) is 1. The van der Waals surface area contributed by atoms with Crippen molar-refractivity contribution in [2.24, 2.45) is 11.7 Å². The molecule has 0 saturated carbocycles. The van der Waals surface area contributed by atoms with Crippen LogP contribution in [0.3, 0.4) is 0 Å². The van der Waals surface area contributed by atoms with Gasteiger partial charge in [-0.1, -0.05) is 6.92 Å². The highest BCUT2D eigenvalue weighted by molar-refractivity contribution is 5.83. The molecule has 0 fully saturated rings. The Morgan fingerprint density at radius 3 is 2.50 bits per heavy atom. The molecule has 1 heterocycles. The lowest BCUT2D eigenvalue weighted by Crippen LogP contribution is -2.31. The molecule has 1 aromatic rings. The van der Waals surface area contributed by atoms with Crippen molar-refractivity contribution in [1.29, 1.82) is 0 Å². The van der Waals surface area contributed by atoms with Gasteiger partial charge in [0.15, 0.2) is 0 Å². The minimum atomic E-state index is -0.0804. The van der Waals surface area contributed by atoms with Gasteiger partial charge < -0.3 is 5.73 Å². The summed E-state index contributed by atoms with van der Waals surface area (Å²) in [5.74, 6) is 0.106. The molecule has 0 aromatic carbocycles. The summed E-state index contributed by atoms with van der Waals surface area (Å²) < 4.78 is 0. The monoisotopic (exact) mass is 192 g/mol. The quantitative estimate of drug-likeness (QED) is 0.779. The average Bonchev–Trinajstić information content (AvgIpc) is 2.18. The summed E-state index contributed by atoms with van der Waals surface area (Å²) >= 11 is 0. The van der Waals surface area contributed by atoms with E-state index in [1.54, 1.807) is 12.4 Å². The number of Topliss-reactive ketones (excluding diaryl/α,β-unsaturated/α-hetero) is 1. The smallest absolute Gasteiger partial charge is 0.141 e. The number of carbonyl (C=O) groups is 1. The maximum atomic E-state index is 11.7. The highest BCUT2D eigenvalue weighted by Gasteiger charge is 2.16. The fourth-order valence-electron chi connectivity index (χ4n) is 1.16. The van der Waals surface area contributed by atoms with E-state index in [4.69, 9.17) is 5.73 Å². The van der Waals surface area contributed by atoms with Crippen molar-refractivity contribution in [2.45, 2.75) is 26.3 Å². The molecule has 2 N–H and O–H groups in total. The van der Waals surface area contributed by atoms with Gasteiger partial charge >= 0.3 is 0 Å². The standard InChI is InChI=1S/C11H16N2O/c1-8(9(2)12)11(14)7-10-3-5-13-6-4-10/h3-6,8-9H,7,12H2,1-2H3. The molecule has 0 spiro atoms. The molecule has 14 heavy (non-hydrogen) atoms. The van der Waals surface area contributed by atoms with Gasteiger partial charge in [0.1, 0.15) is 5.78 Å². The molecule has 2 atom stereocenters. The highest BCUT2D eigenvalue weighted by atomic mass is 16.1. The van der Waals surface area contributed by atoms with E-state index in [-0.39, 0.29) is 17.7 Å². The van der Waals surface area contributed by atoms with Crippen LogP contribution in [-0.4, -0.2) is 16.8 Å². The zero-order chi connectivity index (χ0) is 10.6. The second kappa shape index (κ2) is 4.86. The molecule has 0 bridgehead atoms. The second-order valence-corrected chi connectivity index (χ2v) is 3.65. The van der Waals surface area contributed by atoms with Crippen LogP contribution in [0.25, 0.3) is 0 Å². The fourth-order valence-corrected chi connectivity index (χ4v) is 1.16. The SMILES string of the molecule is CC(N)C(C)C(=O)Cc1ccncc1. The van der Waals surface area contributed by atoms with Crippen LogP contribution in [0, 0.1) is 5.92 Å². The number of nitrogens with two attached hydrogens (primary N) is 1. The Labute approximate surface area is 84.3 Å². The third-order valence-electron chi connectivity index (χ3n) is 2.42. The Balaban J connectivity index is 2.58. The van der Waals surface area contributed by atoms with Crippen molar-refractivity contribution in [3.63, 3.8) is 0 Å². The van der Waals surface area contributed by atoms with Gasteiger partial charge in [0.05, 0.1) is 0 Å². The fraction of sp³-hybridized carbons (Fsp3) is 0.455. The van der Waals surface area contributed by atoms with Gasteiger partial charge in [-0.3, -0.25) is 9.78 Å². The van der Waals surface area contributed by atoms with Gasteiger partial charge in [-0.05, 0) is 24.6 Å². The third kappa shape index (κ3) is 2.92. The van der Waals surface area contributed by atoms with Crippen LogP contribution in [0.2, 0.25) is 0 Å². The molecule has 3 heteroatoms. The Kier molecular flexibility index (Phi) is 3.77. The zero-order valence-electron chi connectivity index (χ0n) is 8.60. The summed E-state index contributed by atoms with van der Waals surface area (Å²) in [6, 6.07) is 3.63. The van der Waals surface area contributed by atoms with Gasteiger partial charge in [0.2, 0.25) is 0 Å². The van der Waals surface area contributed by atoms with Crippen LogP contribution in [0.1, 0.15) is 19.4 Å². The van der Waals surface area contributed by atoms with Crippen LogP contribution >= 0.6 is 0 Å². The second-order valence-electron chi connectivity index (χ2n) is 3.65. The Hall–Kier alpha value is -1.22. The first kappa shape index (κ1) is 10.9. The number of hydrogen-bond donors (Lipinski definition) is 1. The van der Waals surface area contributed by atoms with Crippen LogP contribution in [0.5, 0.6) is 0 Å². The Bertz CT molecular complexity index is 295. The number of ketones is 1. The zero-order valence-corrected chi connectivity index (χ0v) is 8.60. The van der Waals surface area contributed by atoms with Crippen molar-refractivity contribution < 1.29 is 4.79 Å². The Morgan fingerprint density at radius 2 is 2.00 bits per heavy atom. The van der Waals surface area contributed by atoms with Crippen molar-refractivity contribution >= 4 is 5.78 Å². The van der Waals surface area contributed by atoms with Gasteiger partial charge in [0.25, 0.3) is 0 Å². The summed E-state index contributed by atoms with van der Waals surface area (Å²) in [4.78, 5) is 15.6. The molecule has 0 aliphatic rings. The average molecular weight is 192 g/mol. The molecular formula is C11H16N2O. The van der Waals surface area contributed by atoms with Crippen LogP contribution in [0.4, 0.5) is 0 Å². The first-order chi connectivity index (χ1) is 6.61. The number of aromatic nitrogens is 1. The number of carbonyl (C=O) groups excluding carboxylic acids is 1. The first-order valence-electron chi connectivity index (χ1n) is 4.78. The van der Waals surface area contributed by atoms with E-state index in [1.165, 1.54) is 0 Å². The van der Waals surface area contributed by atoms with E-state index in [2.05, 4.69) is 4.98 Å². The lowest BCUT2D eigenvalue weighted by Gasteiger charge is -2.13. The number of pyridine rings is 1. The maximum absolute atomic E-state index is 11.7. The lowest BCUT2D eigenvalue weighted by molar-refractivity contribution is -0.122. The van der Waals surface area contributed by atoms with Crippen molar-refractivity contribution in [3.8, 4) is 0 Å². The maximum Gasteiger partial charge on any atom is 0.141 e. The Morgan fingerprint density at radius 1 is 1.43 bits per heavy atom. The molecule has 76 valence electrons. The molecule has 1 aromatic heterocycles. The van der Waals surface area contributed by atoms with Gasteiger partial charge in [0, 0.05) is 30.8 Å². The molecule has 0 saturated heterocycles. The topological polar surface area (TPSA) is 56.0 Å². The molecular weight excluding hydrogens is 176 g/mol. The largest absolute Gasteiger partial charge is 0.327 e. The minimum absolute atomic E-state index is 0.0793. The predicted octanol–water partition coefficient (Wildman–Crippen LogP) is 1.18. The number of rotatable bonds is 4.